The maximum Gasteiger partial charge on any atom is 0.225 e. The molecule has 2 aromatic carbocycles. The van der Waals surface area contributed by atoms with Crippen LogP contribution in [0.5, 0.6) is 23.0 Å². The van der Waals surface area contributed by atoms with Gasteiger partial charge in [-0.2, -0.15) is 0 Å². The monoisotopic (exact) mass is 546 g/mol. The normalized spacial score (nSPS) is 14.8. The van der Waals surface area contributed by atoms with Crippen LogP contribution >= 0.6 is 23.2 Å². The molecule has 0 saturated heterocycles. The number of nitrogens with zero attached hydrogens (tertiary/aromatic N) is 1. The molecule has 0 saturated carbocycles. The summed E-state index contributed by atoms with van der Waals surface area (Å²) in [5.41, 5.74) is 7.10. The van der Waals surface area contributed by atoms with Gasteiger partial charge >= 0.3 is 0 Å². The lowest BCUT2D eigenvalue weighted by molar-refractivity contribution is -0.116. The van der Waals surface area contributed by atoms with Gasteiger partial charge in [0, 0.05) is 35.7 Å². The van der Waals surface area contributed by atoms with Gasteiger partial charge < -0.3 is 30.6 Å². The highest BCUT2D eigenvalue weighted by molar-refractivity contribution is 6.37. The average Bonchev–Trinajstić information content (AvgIpc) is 3.27. The lowest BCUT2D eigenvalue weighted by Gasteiger charge is -2.19. The first kappa shape index (κ1) is 28.0. The standard InChI is InChI=1S/C17H16N2O3.C8H7Cl2NO2.CH5N/c1-10-9-21-14-4-2-11(8-13(10)14)22-15-6-7-18-17-12(15)3-5-16(20)19-17;1-13-8-3-7(11-4-12)5(9)2-6(8)10;1-2/h2,4,6-8,10H,3,5,9H2,1H3,(H,18,19,20);2-4H,1H3,(H,11,12);2H2,1H3. The average molecular weight is 547 g/mol. The smallest absolute Gasteiger partial charge is 0.225 e. The van der Waals surface area contributed by atoms with Gasteiger partial charge in [0.15, 0.2) is 0 Å². The molecule has 2 aliphatic heterocycles. The number of carbonyl (C=O) groups is 2. The van der Waals surface area contributed by atoms with Crippen LogP contribution in [0.1, 0.15) is 30.4 Å². The molecule has 0 bridgehead atoms. The Kier molecular flexibility index (Phi) is 9.96. The zero-order valence-electron chi connectivity index (χ0n) is 20.6. The number of anilines is 2. The maximum absolute atomic E-state index is 11.5. The third-order valence-electron chi connectivity index (χ3n) is 5.56. The second kappa shape index (κ2) is 13.1. The molecule has 4 N–H and O–H groups in total. The van der Waals surface area contributed by atoms with Crippen molar-refractivity contribution < 1.29 is 23.8 Å². The summed E-state index contributed by atoms with van der Waals surface area (Å²) in [6, 6.07) is 10.8. The molecule has 9 nitrogen and oxygen atoms in total. The predicted octanol–water partition coefficient (Wildman–Crippen LogP) is 5.40. The van der Waals surface area contributed by atoms with Crippen LogP contribution < -0.4 is 30.6 Å². The molecule has 3 aromatic rings. The quantitative estimate of drug-likeness (QED) is 0.366. The summed E-state index contributed by atoms with van der Waals surface area (Å²) in [4.78, 5) is 25.8. The Hall–Kier alpha value is -3.53. The minimum absolute atomic E-state index is 0.000606. The van der Waals surface area contributed by atoms with Crippen LogP contribution in [0, 0.1) is 0 Å². The van der Waals surface area contributed by atoms with E-state index in [2.05, 4.69) is 28.3 Å². The molecule has 11 heteroatoms. The summed E-state index contributed by atoms with van der Waals surface area (Å²) in [5.74, 6) is 3.91. The molecule has 1 atom stereocenters. The van der Waals surface area contributed by atoms with E-state index in [1.165, 1.54) is 25.8 Å². The van der Waals surface area contributed by atoms with Crippen LogP contribution in [0.4, 0.5) is 11.5 Å². The minimum Gasteiger partial charge on any atom is -0.495 e. The van der Waals surface area contributed by atoms with Crippen molar-refractivity contribution >= 4 is 47.0 Å². The Labute approximate surface area is 225 Å². The fraction of sp³-hybridized carbons (Fsp3) is 0.269. The molecule has 0 aliphatic carbocycles. The molecular formula is C26H28Cl2N4O5. The fourth-order valence-electron chi connectivity index (χ4n) is 3.75. The van der Waals surface area contributed by atoms with Crippen LogP contribution in [-0.4, -0.2) is 38.1 Å². The number of amides is 2. The van der Waals surface area contributed by atoms with Crippen molar-refractivity contribution in [2.75, 3.05) is 31.4 Å². The summed E-state index contributed by atoms with van der Waals surface area (Å²) >= 11 is 11.6. The summed E-state index contributed by atoms with van der Waals surface area (Å²) in [7, 11) is 2.99. The summed E-state index contributed by atoms with van der Waals surface area (Å²) in [6.45, 7) is 2.86. The number of hydrogen-bond acceptors (Lipinski definition) is 7. The first-order chi connectivity index (χ1) is 17.9. The highest BCUT2D eigenvalue weighted by atomic mass is 35.5. The molecule has 1 unspecified atom stereocenters. The van der Waals surface area contributed by atoms with Crippen molar-refractivity contribution in [3.8, 4) is 23.0 Å². The van der Waals surface area contributed by atoms with Crippen LogP contribution in [0.15, 0.2) is 42.6 Å². The number of halogens is 2. The molecule has 196 valence electrons. The zero-order chi connectivity index (χ0) is 26.9. The van der Waals surface area contributed by atoms with Gasteiger partial charge in [-0.05, 0) is 43.8 Å². The number of nitrogens with one attached hydrogen (secondary N) is 2. The number of nitrogens with two attached hydrogens (primary N) is 1. The van der Waals surface area contributed by atoms with Gasteiger partial charge in [-0.15, -0.1) is 0 Å². The highest BCUT2D eigenvalue weighted by Gasteiger charge is 2.22. The number of ether oxygens (including phenoxy) is 3. The Morgan fingerprint density at radius 2 is 1.92 bits per heavy atom. The first-order valence-electron chi connectivity index (χ1n) is 11.4. The van der Waals surface area contributed by atoms with E-state index < -0.39 is 0 Å². The van der Waals surface area contributed by atoms with E-state index in [4.69, 9.17) is 37.4 Å². The Bertz CT molecular complexity index is 1270. The molecule has 3 heterocycles. The maximum atomic E-state index is 11.5. The number of rotatable bonds is 5. The summed E-state index contributed by atoms with van der Waals surface area (Å²) in [5, 5.41) is 5.99. The van der Waals surface area contributed by atoms with Gasteiger partial charge in [0.2, 0.25) is 12.3 Å². The van der Waals surface area contributed by atoms with Crippen LogP contribution in [0.2, 0.25) is 10.0 Å². The minimum atomic E-state index is 0.000606. The Morgan fingerprint density at radius 3 is 2.65 bits per heavy atom. The molecule has 0 fully saturated rings. The number of methoxy groups -OCH3 is 1. The number of hydrogen-bond donors (Lipinski definition) is 3. The van der Waals surface area contributed by atoms with Crippen molar-refractivity contribution in [1.82, 2.24) is 4.98 Å². The van der Waals surface area contributed by atoms with Crippen molar-refractivity contribution in [2.45, 2.75) is 25.7 Å². The molecule has 2 aliphatic rings. The van der Waals surface area contributed by atoms with Gasteiger partial charge in [-0.3, -0.25) is 9.59 Å². The lowest BCUT2D eigenvalue weighted by atomic mass is 10.0. The van der Waals surface area contributed by atoms with E-state index in [9.17, 15) is 9.59 Å². The van der Waals surface area contributed by atoms with E-state index in [1.54, 1.807) is 12.3 Å². The van der Waals surface area contributed by atoms with E-state index >= 15 is 0 Å². The number of benzene rings is 2. The van der Waals surface area contributed by atoms with Crippen LogP contribution in [0.25, 0.3) is 0 Å². The summed E-state index contributed by atoms with van der Waals surface area (Å²) in [6.07, 6.45) is 3.30. The van der Waals surface area contributed by atoms with E-state index in [-0.39, 0.29) is 5.91 Å². The van der Waals surface area contributed by atoms with E-state index in [0.717, 1.165) is 29.4 Å². The number of fused-ring (bicyclic) bond motifs is 2. The molecule has 0 radical (unpaired) electrons. The topological polar surface area (TPSA) is 125 Å². The Morgan fingerprint density at radius 1 is 1.14 bits per heavy atom. The van der Waals surface area contributed by atoms with Crippen molar-refractivity contribution in [2.24, 2.45) is 5.73 Å². The van der Waals surface area contributed by atoms with Crippen molar-refractivity contribution in [3.63, 3.8) is 0 Å². The van der Waals surface area contributed by atoms with Gasteiger partial charge in [-0.1, -0.05) is 30.1 Å². The van der Waals surface area contributed by atoms with Gasteiger partial charge in [0.05, 0.1) is 29.4 Å². The Balaban J connectivity index is 0.000000218. The number of pyridine rings is 1. The van der Waals surface area contributed by atoms with E-state index in [1.807, 2.05) is 24.3 Å². The van der Waals surface area contributed by atoms with Crippen LogP contribution in [-0.2, 0) is 16.0 Å². The SMILES string of the molecule is CC1COc2ccc(Oc3ccnc4c3CCC(=O)N4)cc21.CN.COc1cc(NC=O)c(Cl)cc1Cl. The second-order valence-corrected chi connectivity index (χ2v) is 8.74. The van der Waals surface area contributed by atoms with Gasteiger partial charge in [0.1, 0.15) is 28.8 Å². The van der Waals surface area contributed by atoms with Crippen molar-refractivity contribution in [3.05, 3.63) is 63.8 Å². The largest absolute Gasteiger partial charge is 0.495 e. The zero-order valence-corrected chi connectivity index (χ0v) is 22.2. The second-order valence-electron chi connectivity index (χ2n) is 7.93. The summed E-state index contributed by atoms with van der Waals surface area (Å²) < 4.78 is 16.6. The van der Waals surface area contributed by atoms with Crippen LogP contribution in [0.3, 0.4) is 0 Å². The third-order valence-corrected chi connectivity index (χ3v) is 6.17. The number of carbonyl (C=O) groups excluding carboxylic acids is 2. The third kappa shape index (κ3) is 6.82. The van der Waals surface area contributed by atoms with Gasteiger partial charge in [0.25, 0.3) is 0 Å². The molecule has 0 spiro atoms. The molecule has 5 rings (SSSR count). The van der Waals surface area contributed by atoms with Crippen molar-refractivity contribution in [1.29, 1.82) is 0 Å². The lowest BCUT2D eigenvalue weighted by Crippen LogP contribution is -2.20. The fourth-order valence-corrected chi connectivity index (χ4v) is 4.27. The highest BCUT2D eigenvalue weighted by Crippen LogP contribution is 2.39. The molecular weight excluding hydrogens is 519 g/mol. The molecule has 1 aromatic heterocycles. The van der Waals surface area contributed by atoms with Gasteiger partial charge in [-0.25, -0.2) is 4.98 Å². The molecule has 37 heavy (non-hydrogen) atoms. The predicted molar refractivity (Wildman–Crippen MR) is 144 cm³/mol. The molecule has 2 amide bonds. The number of aromatic nitrogens is 1. The van der Waals surface area contributed by atoms with E-state index in [0.29, 0.717) is 52.5 Å². The first-order valence-corrected chi connectivity index (χ1v) is 12.2.